The molecular weight excluding hydrogens is 616 g/mol. The molecule has 0 saturated heterocycles. The standard InChI is InChI=1S/C38H42O10/c1-8-20(35(46)48-7)15-26(41)22-11-9-10-21(14-22)23-12-13-25(40)28-24(23)16-36(5)17-37(6)29(18(2)3)31(42)27(19(4)39)33(44)38(37,47)34(45)30(36)32(28)43/h9-14,18,20,27,29-30,40,47H,8,15-17H2,1-7H3/t20?,27?,29?,30?,36-,37-,38+/m1/s1. The number of phenols is 1. The first-order valence-corrected chi connectivity index (χ1v) is 16.3. The van der Waals surface area contributed by atoms with Gasteiger partial charge < -0.3 is 14.9 Å². The Hall–Kier alpha value is -4.31. The van der Waals surface area contributed by atoms with E-state index in [4.69, 9.17) is 4.74 Å². The van der Waals surface area contributed by atoms with Crippen molar-refractivity contribution in [3.8, 4) is 16.9 Å². The van der Waals surface area contributed by atoms with Crippen molar-refractivity contribution in [1.29, 1.82) is 0 Å². The maximum atomic E-state index is 14.5. The second-order valence-corrected chi connectivity index (χ2v) is 14.7. The van der Waals surface area contributed by atoms with Crippen molar-refractivity contribution in [2.75, 3.05) is 7.11 Å². The number of rotatable bonds is 8. The number of phenolic OH excluding ortho intramolecular Hbond substituents is 1. The molecule has 0 aliphatic heterocycles. The molecule has 5 rings (SSSR count). The van der Waals surface area contributed by atoms with Crippen LogP contribution in [0.15, 0.2) is 36.4 Å². The van der Waals surface area contributed by atoms with Crippen molar-refractivity contribution >= 4 is 40.7 Å². The minimum Gasteiger partial charge on any atom is -0.507 e. The van der Waals surface area contributed by atoms with E-state index in [-0.39, 0.29) is 36.4 Å². The molecule has 0 spiro atoms. The van der Waals surface area contributed by atoms with Crippen LogP contribution in [0.25, 0.3) is 11.1 Å². The third-order valence-electron chi connectivity index (χ3n) is 11.2. The summed E-state index contributed by atoms with van der Waals surface area (Å²) in [6.45, 7) is 9.59. The SMILES string of the molecule is CCC(CC(=O)c1cccc(-c2ccc(O)c3c2C[C@]2(C)C[C@]4(C)C(C(C)C)C(=O)C(C(C)=O)C(=O)[C@]4(O)C(=O)C2C3=O)c1)C(=O)OC. The number of carbonyl (C=O) groups is 7. The molecule has 4 unspecified atom stereocenters. The first-order valence-electron chi connectivity index (χ1n) is 16.3. The van der Waals surface area contributed by atoms with Crippen LogP contribution in [-0.2, 0) is 35.1 Å². The molecular formula is C38H42O10. The zero-order valence-corrected chi connectivity index (χ0v) is 28.3. The van der Waals surface area contributed by atoms with Crippen LogP contribution < -0.4 is 0 Å². The van der Waals surface area contributed by atoms with Crippen molar-refractivity contribution in [3.05, 3.63) is 53.1 Å². The summed E-state index contributed by atoms with van der Waals surface area (Å²) in [4.78, 5) is 94.5. The lowest BCUT2D eigenvalue weighted by Gasteiger charge is -2.61. The molecule has 0 heterocycles. The zero-order valence-electron chi connectivity index (χ0n) is 28.3. The van der Waals surface area contributed by atoms with Gasteiger partial charge in [-0.1, -0.05) is 58.9 Å². The van der Waals surface area contributed by atoms with Crippen LogP contribution in [0.1, 0.15) is 87.1 Å². The first-order chi connectivity index (χ1) is 22.4. The number of methoxy groups -OCH3 is 1. The number of hydrogen-bond donors (Lipinski definition) is 2. The van der Waals surface area contributed by atoms with Crippen LogP contribution in [0.4, 0.5) is 0 Å². The maximum absolute atomic E-state index is 14.5. The Morgan fingerprint density at radius 3 is 2.27 bits per heavy atom. The maximum Gasteiger partial charge on any atom is 0.309 e. The molecule has 0 radical (unpaired) electrons. The van der Waals surface area contributed by atoms with Gasteiger partial charge >= 0.3 is 5.97 Å². The number of hydrogen-bond acceptors (Lipinski definition) is 10. The van der Waals surface area contributed by atoms with E-state index in [1.165, 1.54) is 20.1 Å². The van der Waals surface area contributed by atoms with Crippen molar-refractivity contribution in [3.63, 3.8) is 0 Å². The number of fused-ring (bicyclic) bond motifs is 3. The van der Waals surface area contributed by atoms with Gasteiger partial charge in [-0.2, -0.15) is 0 Å². The minimum atomic E-state index is -2.77. The third kappa shape index (κ3) is 4.90. The predicted octanol–water partition coefficient (Wildman–Crippen LogP) is 4.53. The van der Waals surface area contributed by atoms with Gasteiger partial charge in [-0.25, -0.2) is 0 Å². The van der Waals surface area contributed by atoms with Gasteiger partial charge in [0.1, 0.15) is 17.5 Å². The molecule has 0 aromatic heterocycles. The second kappa shape index (κ2) is 12.0. The monoisotopic (exact) mass is 658 g/mol. The highest BCUT2D eigenvalue weighted by Gasteiger charge is 2.76. The number of aliphatic hydroxyl groups is 1. The number of ether oxygens (including phenoxy) is 1. The molecule has 2 N–H and O–H groups in total. The molecule has 2 fully saturated rings. The molecule has 3 aliphatic rings. The molecule has 7 atom stereocenters. The number of benzene rings is 2. The van der Waals surface area contributed by atoms with Gasteiger partial charge in [-0.3, -0.25) is 33.6 Å². The summed E-state index contributed by atoms with van der Waals surface area (Å²) >= 11 is 0. The molecule has 2 saturated carbocycles. The minimum absolute atomic E-state index is 0.0545. The van der Waals surface area contributed by atoms with E-state index in [0.717, 1.165) is 6.92 Å². The molecule has 2 aromatic carbocycles. The Bertz CT molecular complexity index is 1790. The van der Waals surface area contributed by atoms with Crippen LogP contribution in [0, 0.1) is 40.4 Å². The van der Waals surface area contributed by atoms with Crippen LogP contribution in [0.2, 0.25) is 0 Å². The summed E-state index contributed by atoms with van der Waals surface area (Å²) in [6.07, 6.45) is 0.369. The first kappa shape index (κ1) is 35.0. The van der Waals surface area contributed by atoms with Gasteiger partial charge in [-0.15, -0.1) is 0 Å². The average molecular weight is 659 g/mol. The van der Waals surface area contributed by atoms with Crippen LogP contribution in [0.5, 0.6) is 5.75 Å². The molecule has 0 bridgehead atoms. The second-order valence-electron chi connectivity index (χ2n) is 14.7. The molecule has 0 amide bonds. The molecule has 10 nitrogen and oxygen atoms in total. The van der Waals surface area contributed by atoms with Crippen LogP contribution >= 0.6 is 0 Å². The fourth-order valence-corrected chi connectivity index (χ4v) is 9.17. The van der Waals surface area contributed by atoms with E-state index in [1.807, 2.05) is 0 Å². The molecule has 10 heteroatoms. The average Bonchev–Trinajstić information content (AvgIpc) is 3.00. The highest BCUT2D eigenvalue weighted by molar-refractivity contribution is 6.32. The van der Waals surface area contributed by atoms with E-state index in [9.17, 15) is 43.8 Å². The summed E-state index contributed by atoms with van der Waals surface area (Å²) in [5, 5.41) is 23.2. The van der Waals surface area contributed by atoms with Gasteiger partial charge in [0.2, 0.25) is 0 Å². The summed E-state index contributed by atoms with van der Waals surface area (Å²) in [5.41, 5.74) is -3.83. The quantitative estimate of drug-likeness (QED) is 0.233. The van der Waals surface area contributed by atoms with E-state index >= 15 is 0 Å². The topological polar surface area (TPSA) is 169 Å². The largest absolute Gasteiger partial charge is 0.507 e. The third-order valence-corrected chi connectivity index (χ3v) is 11.2. The Labute approximate surface area is 279 Å². The Morgan fingerprint density at radius 1 is 1.02 bits per heavy atom. The fraction of sp³-hybridized carbons (Fsp3) is 0.500. The summed E-state index contributed by atoms with van der Waals surface area (Å²) in [6, 6.07) is 9.66. The van der Waals surface area contributed by atoms with Crippen molar-refractivity contribution < 1.29 is 48.5 Å². The van der Waals surface area contributed by atoms with Gasteiger partial charge in [0, 0.05) is 23.3 Å². The number of aromatic hydroxyl groups is 1. The number of ketones is 6. The van der Waals surface area contributed by atoms with E-state index in [1.54, 1.807) is 58.0 Å². The Balaban J connectivity index is 1.64. The fourth-order valence-electron chi connectivity index (χ4n) is 9.17. The molecule has 3 aliphatic carbocycles. The van der Waals surface area contributed by atoms with Crippen molar-refractivity contribution in [2.45, 2.75) is 72.8 Å². The highest BCUT2D eigenvalue weighted by atomic mass is 16.5. The molecule has 48 heavy (non-hydrogen) atoms. The van der Waals surface area contributed by atoms with Crippen molar-refractivity contribution in [2.24, 2.45) is 40.4 Å². The van der Waals surface area contributed by atoms with Gasteiger partial charge in [0.05, 0.1) is 24.5 Å². The lowest BCUT2D eigenvalue weighted by Crippen LogP contribution is -2.76. The van der Waals surface area contributed by atoms with E-state index in [2.05, 4.69) is 0 Å². The Kier molecular flexibility index (Phi) is 8.74. The van der Waals surface area contributed by atoms with Crippen LogP contribution in [0.3, 0.4) is 0 Å². The lowest BCUT2D eigenvalue weighted by molar-refractivity contribution is -0.205. The van der Waals surface area contributed by atoms with E-state index in [0.29, 0.717) is 28.7 Å². The predicted molar refractivity (Wildman–Crippen MR) is 173 cm³/mol. The Morgan fingerprint density at radius 2 is 1.69 bits per heavy atom. The number of Topliss-reactive ketones (excluding diaryl/α,β-unsaturated/α-hetero) is 6. The van der Waals surface area contributed by atoms with E-state index < -0.39 is 80.9 Å². The number of carbonyl (C=O) groups excluding carboxylic acids is 7. The summed E-state index contributed by atoms with van der Waals surface area (Å²) in [5.74, 6) is -11.0. The number of esters is 1. The lowest BCUT2D eigenvalue weighted by atomic mass is 9.40. The summed E-state index contributed by atoms with van der Waals surface area (Å²) in [7, 11) is 1.27. The summed E-state index contributed by atoms with van der Waals surface area (Å²) < 4.78 is 4.83. The van der Waals surface area contributed by atoms with Crippen LogP contribution in [-0.4, -0.2) is 63.6 Å². The van der Waals surface area contributed by atoms with Gasteiger partial charge in [0.15, 0.2) is 34.5 Å². The molecule has 2 aromatic rings. The normalized spacial score (nSPS) is 30.3. The van der Waals surface area contributed by atoms with Gasteiger partial charge in [0.25, 0.3) is 0 Å². The smallest absolute Gasteiger partial charge is 0.309 e. The highest BCUT2D eigenvalue weighted by Crippen LogP contribution is 2.64. The van der Waals surface area contributed by atoms with Crippen molar-refractivity contribution in [1.82, 2.24) is 0 Å². The van der Waals surface area contributed by atoms with Gasteiger partial charge in [-0.05, 0) is 66.3 Å². The zero-order chi connectivity index (χ0) is 35.7. The molecule has 254 valence electrons.